The number of anilines is 1. The van der Waals surface area contributed by atoms with Crippen LogP contribution < -0.4 is 11.1 Å². The molecular weight excluding hydrogens is 263 g/mol. The van der Waals surface area contributed by atoms with E-state index in [1.54, 1.807) is 6.07 Å². The van der Waals surface area contributed by atoms with Crippen LogP contribution in [0.4, 0.5) is 10.1 Å². The van der Waals surface area contributed by atoms with Gasteiger partial charge in [-0.1, -0.05) is 15.9 Å². The fraction of sp³-hybridized carbons (Fsp3) is 0.300. The lowest BCUT2D eigenvalue weighted by atomic mass is 10.1. The van der Waals surface area contributed by atoms with E-state index in [1.807, 2.05) is 0 Å². The Hall–Kier alpha value is -0.940. The van der Waals surface area contributed by atoms with Crippen molar-refractivity contribution in [1.82, 2.24) is 0 Å². The monoisotopic (exact) mass is 272 g/mol. The molecule has 1 atom stereocenters. The summed E-state index contributed by atoms with van der Waals surface area (Å²) in [6.45, 7) is 0. The molecule has 0 radical (unpaired) electrons. The maximum Gasteiger partial charge on any atom is 0.241 e. The van der Waals surface area contributed by atoms with Gasteiger partial charge >= 0.3 is 0 Å². The zero-order valence-electron chi connectivity index (χ0n) is 7.89. The van der Waals surface area contributed by atoms with E-state index in [-0.39, 0.29) is 11.7 Å². The topological polar surface area (TPSA) is 55.1 Å². The predicted octanol–water partition coefficient (Wildman–Crippen LogP) is 1.80. The smallest absolute Gasteiger partial charge is 0.241 e. The van der Waals surface area contributed by atoms with Crippen molar-refractivity contribution in [2.75, 3.05) is 5.32 Å². The summed E-state index contributed by atoms with van der Waals surface area (Å²) in [5.74, 6) is -0.569. The van der Waals surface area contributed by atoms with Crippen LogP contribution in [0.3, 0.4) is 0 Å². The van der Waals surface area contributed by atoms with Crippen molar-refractivity contribution >= 4 is 27.5 Å². The van der Waals surface area contributed by atoms with Gasteiger partial charge in [-0.05, 0) is 25.0 Å². The quantitative estimate of drug-likeness (QED) is 0.757. The lowest BCUT2D eigenvalue weighted by molar-refractivity contribution is -0.117. The largest absolute Gasteiger partial charge is 0.324 e. The second kappa shape index (κ2) is 3.90. The molecular formula is C10H10BrFN2O. The molecule has 1 aliphatic heterocycles. The van der Waals surface area contributed by atoms with Gasteiger partial charge in [-0.15, -0.1) is 0 Å². The molecule has 2 rings (SSSR count). The Morgan fingerprint density at radius 3 is 3.00 bits per heavy atom. The molecule has 0 unspecified atom stereocenters. The fourth-order valence-corrected chi connectivity index (χ4v) is 2.06. The first-order valence-electron chi connectivity index (χ1n) is 4.62. The van der Waals surface area contributed by atoms with E-state index < -0.39 is 6.04 Å². The van der Waals surface area contributed by atoms with Crippen LogP contribution in [0, 0.1) is 5.82 Å². The zero-order chi connectivity index (χ0) is 11.0. The molecule has 0 bridgehead atoms. The number of carbonyl (C=O) groups is 1. The predicted molar refractivity (Wildman–Crippen MR) is 59.0 cm³/mol. The molecule has 1 aliphatic rings. The van der Waals surface area contributed by atoms with E-state index in [1.165, 1.54) is 6.07 Å². The second-order valence-electron chi connectivity index (χ2n) is 3.55. The van der Waals surface area contributed by atoms with Gasteiger partial charge in [0.2, 0.25) is 5.91 Å². The third kappa shape index (κ3) is 2.03. The van der Waals surface area contributed by atoms with Crippen LogP contribution in [-0.4, -0.2) is 11.9 Å². The van der Waals surface area contributed by atoms with Crippen molar-refractivity contribution < 1.29 is 9.18 Å². The van der Waals surface area contributed by atoms with Gasteiger partial charge in [0, 0.05) is 15.7 Å². The molecule has 0 aromatic heterocycles. The second-order valence-corrected chi connectivity index (χ2v) is 4.46. The highest BCUT2D eigenvalue weighted by atomic mass is 79.9. The number of benzene rings is 1. The number of halogens is 2. The summed E-state index contributed by atoms with van der Waals surface area (Å²) in [5.41, 5.74) is 6.64. The number of hydrogen-bond acceptors (Lipinski definition) is 2. The summed E-state index contributed by atoms with van der Waals surface area (Å²) < 4.78 is 14.2. The number of carbonyl (C=O) groups excluding carboxylic acids is 1. The van der Waals surface area contributed by atoms with Crippen molar-refractivity contribution in [1.29, 1.82) is 0 Å². The molecule has 80 valence electrons. The molecule has 5 heteroatoms. The number of amides is 1. The van der Waals surface area contributed by atoms with Crippen LogP contribution >= 0.6 is 15.9 Å². The van der Waals surface area contributed by atoms with Gasteiger partial charge in [-0.25, -0.2) is 4.39 Å². The summed E-state index contributed by atoms with van der Waals surface area (Å²) in [4.78, 5) is 11.4. The summed E-state index contributed by atoms with van der Waals surface area (Å²) in [6.07, 6.45) is 0.950. The van der Waals surface area contributed by atoms with E-state index in [9.17, 15) is 9.18 Å². The average Bonchev–Trinajstić information content (AvgIpc) is 2.27. The molecule has 0 aliphatic carbocycles. The third-order valence-corrected chi connectivity index (χ3v) is 2.92. The van der Waals surface area contributed by atoms with Crippen molar-refractivity contribution in [2.24, 2.45) is 5.73 Å². The van der Waals surface area contributed by atoms with Crippen molar-refractivity contribution in [3.63, 3.8) is 0 Å². The summed E-state index contributed by atoms with van der Waals surface area (Å²) in [5, 5.41) is 2.62. The number of hydrogen-bond donors (Lipinski definition) is 2. The highest BCUT2D eigenvalue weighted by molar-refractivity contribution is 9.10. The molecule has 1 amide bonds. The minimum Gasteiger partial charge on any atom is -0.324 e. The Morgan fingerprint density at radius 1 is 1.53 bits per heavy atom. The molecule has 1 aromatic carbocycles. The molecule has 0 spiro atoms. The Labute approximate surface area is 95.0 Å². The van der Waals surface area contributed by atoms with Crippen LogP contribution in [0.5, 0.6) is 0 Å². The Balaban J connectivity index is 2.47. The normalized spacial score (nSPS) is 20.5. The number of nitrogens with one attached hydrogen (secondary N) is 1. The molecule has 3 nitrogen and oxygen atoms in total. The molecule has 15 heavy (non-hydrogen) atoms. The first-order valence-corrected chi connectivity index (χ1v) is 5.41. The van der Waals surface area contributed by atoms with Gasteiger partial charge in [0.1, 0.15) is 5.82 Å². The lowest BCUT2D eigenvalue weighted by Gasteiger charge is -2.08. The molecule has 0 saturated carbocycles. The third-order valence-electron chi connectivity index (χ3n) is 2.46. The van der Waals surface area contributed by atoms with Gasteiger partial charge in [0.15, 0.2) is 0 Å². The Bertz CT molecular complexity index is 422. The maximum atomic E-state index is 13.5. The van der Waals surface area contributed by atoms with E-state index in [2.05, 4.69) is 21.2 Å². The van der Waals surface area contributed by atoms with E-state index in [0.717, 1.165) is 0 Å². The summed E-state index contributed by atoms with van der Waals surface area (Å²) >= 11 is 3.18. The summed E-state index contributed by atoms with van der Waals surface area (Å²) in [7, 11) is 0. The Kier molecular flexibility index (Phi) is 2.75. The van der Waals surface area contributed by atoms with Gasteiger partial charge in [-0.2, -0.15) is 0 Å². The van der Waals surface area contributed by atoms with Crippen molar-refractivity contribution in [3.05, 3.63) is 28.0 Å². The SMILES string of the molecule is N[C@H]1CCc2c(F)cc(Br)cc2NC1=O. The van der Waals surface area contributed by atoms with Gasteiger partial charge in [0.05, 0.1) is 6.04 Å². The van der Waals surface area contributed by atoms with Gasteiger partial charge < -0.3 is 11.1 Å². The standard InChI is InChI=1S/C10H10BrFN2O/c11-5-3-7(12)6-1-2-8(13)10(15)14-9(6)4-5/h3-4,8H,1-2,13H2,(H,14,15)/t8-/m0/s1. The highest BCUT2D eigenvalue weighted by Gasteiger charge is 2.22. The van der Waals surface area contributed by atoms with E-state index >= 15 is 0 Å². The first-order chi connectivity index (χ1) is 7.08. The molecule has 1 aromatic rings. The lowest BCUT2D eigenvalue weighted by Crippen LogP contribution is -2.34. The fourth-order valence-electron chi connectivity index (χ4n) is 1.63. The Morgan fingerprint density at radius 2 is 2.27 bits per heavy atom. The number of rotatable bonds is 0. The van der Waals surface area contributed by atoms with Crippen LogP contribution in [0.2, 0.25) is 0 Å². The molecule has 0 fully saturated rings. The van der Waals surface area contributed by atoms with E-state index in [4.69, 9.17) is 5.73 Å². The van der Waals surface area contributed by atoms with Crippen LogP contribution in [0.25, 0.3) is 0 Å². The van der Waals surface area contributed by atoms with Crippen LogP contribution in [-0.2, 0) is 11.2 Å². The van der Waals surface area contributed by atoms with Crippen LogP contribution in [0.15, 0.2) is 16.6 Å². The summed E-state index contributed by atoms with van der Waals surface area (Å²) in [6, 6.07) is 2.52. The minimum atomic E-state index is -0.560. The van der Waals surface area contributed by atoms with Crippen molar-refractivity contribution in [3.8, 4) is 0 Å². The van der Waals surface area contributed by atoms with Crippen molar-refractivity contribution in [2.45, 2.75) is 18.9 Å². The first kappa shape index (κ1) is 10.6. The highest BCUT2D eigenvalue weighted by Crippen LogP contribution is 2.28. The number of nitrogens with two attached hydrogens (primary N) is 1. The number of fused-ring (bicyclic) bond motifs is 1. The van der Waals surface area contributed by atoms with Gasteiger partial charge in [0.25, 0.3) is 0 Å². The minimum absolute atomic E-state index is 0.258. The maximum absolute atomic E-state index is 13.5. The molecule has 3 N–H and O–H groups in total. The van der Waals surface area contributed by atoms with Gasteiger partial charge in [-0.3, -0.25) is 4.79 Å². The molecule has 1 heterocycles. The zero-order valence-corrected chi connectivity index (χ0v) is 9.47. The van der Waals surface area contributed by atoms with Crippen LogP contribution in [0.1, 0.15) is 12.0 Å². The average molecular weight is 273 g/mol. The van der Waals surface area contributed by atoms with E-state index in [0.29, 0.717) is 28.6 Å². The molecule has 0 saturated heterocycles.